The molecule has 0 N–H and O–H groups in total. The van der Waals surface area contributed by atoms with Gasteiger partial charge in [0.05, 0.1) is 0 Å². The molecule has 1 aromatic carbocycles. The van der Waals surface area contributed by atoms with Crippen LogP contribution < -0.4 is 0 Å². The quantitative estimate of drug-likeness (QED) is 0.856. The number of halogens is 1. The second-order valence-electron chi connectivity index (χ2n) is 5.07. The van der Waals surface area contributed by atoms with Crippen LogP contribution in [0.15, 0.2) is 47.6 Å². The molecule has 0 amide bonds. The van der Waals surface area contributed by atoms with Crippen LogP contribution in [0.5, 0.6) is 0 Å². The maximum atomic E-state index is 13.3. The summed E-state index contributed by atoms with van der Waals surface area (Å²) in [6, 6.07) is 7.34. The maximum absolute atomic E-state index is 13.3. The van der Waals surface area contributed by atoms with E-state index in [-0.39, 0.29) is 16.8 Å². The summed E-state index contributed by atoms with van der Waals surface area (Å²) in [6.45, 7) is 2.17. The Hall–Kier alpha value is -1.79. The van der Waals surface area contributed by atoms with Crippen molar-refractivity contribution >= 4 is 10.0 Å². The molecule has 0 spiro atoms. The summed E-state index contributed by atoms with van der Waals surface area (Å²) < 4.78 is 40.1. The van der Waals surface area contributed by atoms with Gasteiger partial charge in [0.2, 0.25) is 10.0 Å². The number of pyridine rings is 1. The molecule has 0 saturated heterocycles. The van der Waals surface area contributed by atoms with E-state index in [0.717, 1.165) is 11.1 Å². The van der Waals surface area contributed by atoms with Gasteiger partial charge in [0.25, 0.3) is 0 Å². The minimum Gasteiger partial charge on any atom is -0.263 e. The molecule has 110 valence electrons. The molecule has 2 heterocycles. The van der Waals surface area contributed by atoms with Gasteiger partial charge in [0, 0.05) is 25.0 Å². The summed E-state index contributed by atoms with van der Waals surface area (Å²) in [7, 11) is -3.59. The fourth-order valence-corrected chi connectivity index (χ4v) is 4.32. The Morgan fingerprint density at radius 3 is 2.86 bits per heavy atom. The summed E-state index contributed by atoms with van der Waals surface area (Å²) in [5, 5.41) is 0. The number of hydrogen-bond acceptors (Lipinski definition) is 3. The molecule has 0 unspecified atom stereocenters. The van der Waals surface area contributed by atoms with Crippen LogP contribution in [0.1, 0.15) is 24.1 Å². The van der Waals surface area contributed by atoms with Crippen LogP contribution >= 0.6 is 0 Å². The van der Waals surface area contributed by atoms with Gasteiger partial charge in [-0.3, -0.25) is 4.98 Å². The van der Waals surface area contributed by atoms with Crippen LogP contribution in [-0.4, -0.2) is 24.3 Å². The van der Waals surface area contributed by atoms with Crippen molar-refractivity contribution in [3.8, 4) is 0 Å². The van der Waals surface area contributed by atoms with Crippen LogP contribution in [0.4, 0.5) is 4.39 Å². The Morgan fingerprint density at radius 2 is 2.14 bits per heavy atom. The fourth-order valence-electron chi connectivity index (χ4n) is 2.74. The lowest BCUT2D eigenvalue weighted by Crippen LogP contribution is -2.38. The highest BCUT2D eigenvalue weighted by molar-refractivity contribution is 7.89. The molecule has 0 saturated carbocycles. The van der Waals surface area contributed by atoms with Gasteiger partial charge < -0.3 is 0 Å². The predicted molar refractivity (Wildman–Crippen MR) is 76.6 cm³/mol. The van der Waals surface area contributed by atoms with Crippen molar-refractivity contribution in [3.63, 3.8) is 0 Å². The molecule has 2 aromatic rings. The van der Waals surface area contributed by atoms with Crippen LogP contribution in [-0.2, 0) is 16.4 Å². The van der Waals surface area contributed by atoms with Crippen LogP contribution in [0, 0.1) is 5.82 Å². The lowest BCUT2D eigenvalue weighted by molar-refractivity contribution is 0.325. The third-order valence-electron chi connectivity index (χ3n) is 3.83. The third-order valence-corrected chi connectivity index (χ3v) is 5.78. The minimum atomic E-state index is -3.59. The molecule has 1 aliphatic rings. The zero-order valence-electron chi connectivity index (χ0n) is 11.5. The molecule has 1 aliphatic heterocycles. The Morgan fingerprint density at radius 1 is 1.33 bits per heavy atom. The molecule has 1 atom stereocenters. The number of sulfonamides is 1. The zero-order valence-corrected chi connectivity index (χ0v) is 12.3. The van der Waals surface area contributed by atoms with Crippen molar-refractivity contribution in [2.45, 2.75) is 24.3 Å². The molecule has 6 heteroatoms. The smallest absolute Gasteiger partial charge is 0.245 e. The average Bonchev–Trinajstić information content (AvgIpc) is 2.48. The first-order valence-corrected chi connectivity index (χ1v) is 8.14. The Balaban J connectivity index is 2.00. The topological polar surface area (TPSA) is 50.3 Å². The van der Waals surface area contributed by atoms with Crippen LogP contribution in [0.25, 0.3) is 0 Å². The van der Waals surface area contributed by atoms with E-state index in [1.54, 1.807) is 12.1 Å². The van der Waals surface area contributed by atoms with E-state index in [1.165, 1.54) is 34.9 Å². The molecule has 4 nitrogen and oxygen atoms in total. The van der Waals surface area contributed by atoms with E-state index in [9.17, 15) is 12.8 Å². The highest BCUT2D eigenvalue weighted by atomic mass is 32.2. The molecule has 0 aliphatic carbocycles. The van der Waals surface area contributed by atoms with Gasteiger partial charge in [-0.2, -0.15) is 4.31 Å². The number of hydrogen-bond donors (Lipinski definition) is 0. The van der Waals surface area contributed by atoms with Crippen LogP contribution in [0.3, 0.4) is 0 Å². The second kappa shape index (κ2) is 5.20. The molecule has 21 heavy (non-hydrogen) atoms. The normalized spacial score (nSPS) is 19.2. The largest absolute Gasteiger partial charge is 0.263 e. The lowest BCUT2D eigenvalue weighted by Gasteiger charge is -2.34. The van der Waals surface area contributed by atoms with Gasteiger partial charge in [-0.1, -0.05) is 6.07 Å². The first-order valence-electron chi connectivity index (χ1n) is 6.70. The molecule has 0 bridgehead atoms. The molecule has 0 radical (unpaired) electrons. The minimum absolute atomic E-state index is 0.183. The first-order chi connectivity index (χ1) is 10.00. The highest BCUT2D eigenvalue weighted by Crippen LogP contribution is 2.33. The number of nitrogens with zero attached hydrogens (tertiary/aromatic N) is 2. The Labute approximate surface area is 123 Å². The van der Waals surface area contributed by atoms with E-state index < -0.39 is 10.0 Å². The van der Waals surface area contributed by atoms with Crippen LogP contribution in [0.2, 0.25) is 0 Å². The molecule has 0 fully saturated rings. The monoisotopic (exact) mass is 306 g/mol. The summed E-state index contributed by atoms with van der Waals surface area (Å²) >= 11 is 0. The van der Waals surface area contributed by atoms with Crippen molar-refractivity contribution in [1.29, 1.82) is 0 Å². The van der Waals surface area contributed by atoms with Crippen molar-refractivity contribution in [1.82, 2.24) is 9.29 Å². The van der Waals surface area contributed by atoms with Gasteiger partial charge in [-0.25, -0.2) is 12.8 Å². The van der Waals surface area contributed by atoms with Gasteiger partial charge in [0.1, 0.15) is 10.7 Å². The number of benzene rings is 1. The lowest BCUT2D eigenvalue weighted by atomic mass is 9.95. The number of fused-ring (bicyclic) bond motifs is 1. The number of aromatic nitrogens is 1. The van der Waals surface area contributed by atoms with Crippen molar-refractivity contribution in [2.24, 2.45) is 0 Å². The summed E-state index contributed by atoms with van der Waals surface area (Å²) in [5.41, 5.74) is 1.73. The molecule has 1 aromatic heterocycles. The molecular formula is C15H15FN2O2S. The maximum Gasteiger partial charge on any atom is 0.245 e. The fraction of sp³-hybridized carbons (Fsp3) is 0.267. The SMILES string of the molecule is C[C@H]1c2ccc(F)cc2CCN1S(=O)(=O)c1cccnc1. The first kappa shape index (κ1) is 14.2. The Bertz CT molecular complexity index is 762. The van der Waals surface area contributed by atoms with E-state index >= 15 is 0 Å². The van der Waals surface area contributed by atoms with E-state index in [4.69, 9.17) is 0 Å². The van der Waals surface area contributed by atoms with E-state index in [1.807, 2.05) is 6.92 Å². The highest BCUT2D eigenvalue weighted by Gasteiger charge is 2.33. The predicted octanol–water partition coefficient (Wildman–Crippen LogP) is 2.53. The summed E-state index contributed by atoms with van der Waals surface area (Å²) in [5.74, 6) is -0.287. The van der Waals surface area contributed by atoms with Gasteiger partial charge in [0.15, 0.2) is 0 Å². The second-order valence-corrected chi connectivity index (χ2v) is 6.96. The van der Waals surface area contributed by atoms with E-state index in [0.29, 0.717) is 13.0 Å². The summed E-state index contributed by atoms with van der Waals surface area (Å²) in [4.78, 5) is 4.05. The standard InChI is InChI=1S/C15H15FN2O2S/c1-11-15-5-4-13(16)9-12(15)6-8-18(11)21(19,20)14-3-2-7-17-10-14/h2-5,7,9-11H,6,8H2,1H3/t11-/m0/s1. The van der Waals surface area contributed by atoms with Gasteiger partial charge in [-0.05, 0) is 48.7 Å². The Kier molecular flexibility index (Phi) is 3.51. The molecule has 3 rings (SSSR count). The van der Waals surface area contributed by atoms with Gasteiger partial charge in [-0.15, -0.1) is 0 Å². The van der Waals surface area contributed by atoms with E-state index in [2.05, 4.69) is 4.98 Å². The van der Waals surface area contributed by atoms with Gasteiger partial charge >= 0.3 is 0 Å². The van der Waals surface area contributed by atoms with Crippen molar-refractivity contribution < 1.29 is 12.8 Å². The average molecular weight is 306 g/mol. The van der Waals surface area contributed by atoms with Crippen molar-refractivity contribution in [2.75, 3.05) is 6.54 Å². The zero-order chi connectivity index (χ0) is 15.0. The van der Waals surface area contributed by atoms with Crippen molar-refractivity contribution in [3.05, 3.63) is 59.7 Å². The molecular weight excluding hydrogens is 291 g/mol. The summed E-state index contributed by atoms with van der Waals surface area (Å²) in [6.07, 6.45) is 3.40. The number of rotatable bonds is 2. The third kappa shape index (κ3) is 2.45.